The Bertz CT molecular complexity index is 191. The van der Waals surface area contributed by atoms with Crippen LogP contribution in [0.25, 0.3) is 0 Å². The largest absolute Gasteiger partial charge is 0.389 e. The molecular formula is C11H24N2O2. The molecular weight excluding hydrogens is 192 g/mol. The molecule has 0 saturated heterocycles. The fraction of sp³-hybridized carbons (Fsp3) is 0.909. The summed E-state index contributed by atoms with van der Waals surface area (Å²) in [7, 11) is 1.63. The van der Waals surface area contributed by atoms with E-state index in [1.165, 1.54) is 0 Å². The van der Waals surface area contributed by atoms with Gasteiger partial charge in [0.1, 0.15) is 0 Å². The number of amides is 1. The zero-order valence-electron chi connectivity index (χ0n) is 10.3. The molecule has 0 bridgehead atoms. The van der Waals surface area contributed by atoms with Crippen LogP contribution in [0.4, 0.5) is 0 Å². The van der Waals surface area contributed by atoms with Crippen LogP contribution in [0.1, 0.15) is 40.0 Å². The summed E-state index contributed by atoms with van der Waals surface area (Å²) in [6.45, 7) is 6.42. The molecule has 0 heterocycles. The van der Waals surface area contributed by atoms with Gasteiger partial charge < -0.3 is 15.7 Å². The van der Waals surface area contributed by atoms with E-state index in [0.29, 0.717) is 13.0 Å². The molecule has 0 aliphatic heterocycles. The van der Waals surface area contributed by atoms with E-state index in [0.717, 1.165) is 12.8 Å². The molecule has 1 unspecified atom stereocenters. The van der Waals surface area contributed by atoms with Crippen LogP contribution in [0.3, 0.4) is 0 Å². The summed E-state index contributed by atoms with van der Waals surface area (Å²) in [5, 5.41) is 15.8. The number of carbonyl (C=O) groups is 1. The average molecular weight is 216 g/mol. The third kappa shape index (κ3) is 5.74. The molecule has 15 heavy (non-hydrogen) atoms. The smallest absolute Gasteiger partial charge is 0.221 e. The number of hydrogen-bond donors (Lipinski definition) is 3. The van der Waals surface area contributed by atoms with Crippen LogP contribution < -0.4 is 10.6 Å². The van der Waals surface area contributed by atoms with Crippen LogP contribution in [0.2, 0.25) is 0 Å². The van der Waals surface area contributed by atoms with E-state index >= 15 is 0 Å². The van der Waals surface area contributed by atoms with Crippen molar-refractivity contribution in [1.82, 2.24) is 10.6 Å². The first-order chi connectivity index (χ1) is 6.97. The van der Waals surface area contributed by atoms with Gasteiger partial charge in [-0.25, -0.2) is 0 Å². The van der Waals surface area contributed by atoms with Crippen LogP contribution in [-0.4, -0.2) is 36.2 Å². The van der Waals surface area contributed by atoms with Gasteiger partial charge in [0.05, 0.1) is 5.60 Å². The van der Waals surface area contributed by atoms with Crippen molar-refractivity contribution in [2.75, 3.05) is 13.6 Å². The molecule has 0 aromatic rings. The van der Waals surface area contributed by atoms with Gasteiger partial charge in [0, 0.05) is 26.1 Å². The second-order valence-electron chi connectivity index (χ2n) is 4.09. The Morgan fingerprint density at radius 1 is 1.40 bits per heavy atom. The number of aliphatic hydroxyl groups is 1. The monoisotopic (exact) mass is 216 g/mol. The third-order valence-corrected chi connectivity index (χ3v) is 2.87. The Morgan fingerprint density at radius 3 is 2.33 bits per heavy atom. The van der Waals surface area contributed by atoms with Crippen LogP contribution in [0.15, 0.2) is 0 Å². The van der Waals surface area contributed by atoms with Gasteiger partial charge in [-0.2, -0.15) is 0 Å². The molecule has 0 saturated carbocycles. The minimum absolute atomic E-state index is 0.0199. The van der Waals surface area contributed by atoms with Gasteiger partial charge in [-0.15, -0.1) is 0 Å². The minimum Gasteiger partial charge on any atom is -0.389 e. The minimum atomic E-state index is -0.642. The van der Waals surface area contributed by atoms with Crippen molar-refractivity contribution in [3.63, 3.8) is 0 Å². The highest BCUT2D eigenvalue weighted by Crippen LogP contribution is 2.13. The van der Waals surface area contributed by atoms with E-state index in [2.05, 4.69) is 10.6 Å². The van der Waals surface area contributed by atoms with E-state index in [-0.39, 0.29) is 11.9 Å². The molecule has 0 aliphatic carbocycles. The van der Waals surface area contributed by atoms with Crippen molar-refractivity contribution in [3.8, 4) is 0 Å². The molecule has 3 N–H and O–H groups in total. The van der Waals surface area contributed by atoms with Gasteiger partial charge in [0.2, 0.25) is 5.91 Å². The average Bonchev–Trinajstić information content (AvgIpc) is 2.25. The molecule has 0 aliphatic rings. The van der Waals surface area contributed by atoms with Crippen molar-refractivity contribution < 1.29 is 9.90 Å². The van der Waals surface area contributed by atoms with Crippen molar-refractivity contribution >= 4 is 5.91 Å². The molecule has 0 aromatic carbocycles. The maximum atomic E-state index is 11.1. The predicted octanol–water partition coefficient (Wildman–Crippen LogP) is 0.652. The lowest BCUT2D eigenvalue weighted by molar-refractivity contribution is -0.121. The molecule has 4 heteroatoms. The summed E-state index contributed by atoms with van der Waals surface area (Å²) in [5.74, 6) is 0.0199. The summed E-state index contributed by atoms with van der Waals surface area (Å²) in [5.41, 5.74) is -0.642. The number of nitrogens with one attached hydrogen (secondary N) is 2. The fourth-order valence-corrected chi connectivity index (χ4v) is 1.32. The standard InChI is InChI=1S/C11H24N2O2/c1-5-11(15,6-2)8-13-9(3)7-10(14)12-4/h9,13,15H,5-8H2,1-4H3,(H,12,14). The van der Waals surface area contributed by atoms with E-state index in [1.807, 2.05) is 20.8 Å². The lowest BCUT2D eigenvalue weighted by atomic mass is 9.97. The van der Waals surface area contributed by atoms with E-state index < -0.39 is 5.60 Å². The first kappa shape index (κ1) is 14.4. The zero-order valence-corrected chi connectivity index (χ0v) is 10.3. The van der Waals surface area contributed by atoms with Crippen molar-refractivity contribution in [1.29, 1.82) is 0 Å². The van der Waals surface area contributed by atoms with Crippen LogP contribution in [0.5, 0.6) is 0 Å². The highest BCUT2D eigenvalue weighted by Gasteiger charge is 2.22. The van der Waals surface area contributed by atoms with E-state index in [4.69, 9.17) is 0 Å². The van der Waals surface area contributed by atoms with Crippen LogP contribution >= 0.6 is 0 Å². The molecule has 0 fully saturated rings. The summed E-state index contributed by atoms with van der Waals surface area (Å²) in [6, 6.07) is 0.0922. The van der Waals surface area contributed by atoms with Gasteiger partial charge in [0.25, 0.3) is 0 Å². The van der Waals surface area contributed by atoms with Gasteiger partial charge in [-0.1, -0.05) is 13.8 Å². The molecule has 4 nitrogen and oxygen atoms in total. The Hall–Kier alpha value is -0.610. The quantitative estimate of drug-likeness (QED) is 0.585. The Labute approximate surface area is 92.4 Å². The van der Waals surface area contributed by atoms with Crippen molar-refractivity contribution in [2.24, 2.45) is 0 Å². The number of carbonyl (C=O) groups excluding carboxylic acids is 1. The first-order valence-electron chi connectivity index (χ1n) is 5.63. The van der Waals surface area contributed by atoms with E-state index in [9.17, 15) is 9.90 Å². The Kier molecular flexibility index (Phi) is 6.52. The second kappa shape index (κ2) is 6.80. The highest BCUT2D eigenvalue weighted by atomic mass is 16.3. The summed E-state index contributed by atoms with van der Waals surface area (Å²) in [6.07, 6.45) is 1.90. The molecule has 0 aromatic heterocycles. The SMILES string of the molecule is CCC(O)(CC)CNC(C)CC(=O)NC. The van der Waals surface area contributed by atoms with Gasteiger partial charge in [0.15, 0.2) is 0 Å². The van der Waals surface area contributed by atoms with Crippen LogP contribution in [0, 0.1) is 0 Å². The topological polar surface area (TPSA) is 61.4 Å². The molecule has 0 spiro atoms. The Balaban J connectivity index is 3.88. The maximum absolute atomic E-state index is 11.1. The second-order valence-corrected chi connectivity index (χ2v) is 4.09. The third-order valence-electron chi connectivity index (χ3n) is 2.87. The lowest BCUT2D eigenvalue weighted by Crippen LogP contribution is -2.44. The van der Waals surface area contributed by atoms with Crippen molar-refractivity contribution in [2.45, 2.75) is 51.7 Å². The number of rotatable bonds is 7. The van der Waals surface area contributed by atoms with Gasteiger partial charge in [-0.3, -0.25) is 4.79 Å². The molecule has 1 atom stereocenters. The maximum Gasteiger partial charge on any atom is 0.221 e. The Morgan fingerprint density at radius 2 is 1.93 bits per heavy atom. The normalized spacial score (nSPS) is 13.7. The zero-order chi connectivity index (χ0) is 11.9. The van der Waals surface area contributed by atoms with Gasteiger partial charge in [-0.05, 0) is 19.8 Å². The summed E-state index contributed by atoms with van der Waals surface area (Å²) < 4.78 is 0. The highest BCUT2D eigenvalue weighted by molar-refractivity contribution is 5.76. The molecule has 0 radical (unpaired) electrons. The number of hydrogen-bond acceptors (Lipinski definition) is 3. The molecule has 0 rings (SSSR count). The first-order valence-corrected chi connectivity index (χ1v) is 5.63. The predicted molar refractivity (Wildman–Crippen MR) is 61.7 cm³/mol. The van der Waals surface area contributed by atoms with Crippen molar-refractivity contribution in [3.05, 3.63) is 0 Å². The molecule has 90 valence electrons. The summed E-state index contributed by atoms with van der Waals surface area (Å²) >= 11 is 0. The van der Waals surface area contributed by atoms with Gasteiger partial charge >= 0.3 is 0 Å². The van der Waals surface area contributed by atoms with E-state index in [1.54, 1.807) is 7.05 Å². The van der Waals surface area contributed by atoms with Crippen LogP contribution in [-0.2, 0) is 4.79 Å². The fourth-order valence-electron chi connectivity index (χ4n) is 1.32. The lowest BCUT2D eigenvalue weighted by Gasteiger charge is -2.27. The molecule has 1 amide bonds. The summed E-state index contributed by atoms with van der Waals surface area (Å²) in [4.78, 5) is 11.1.